The van der Waals surface area contributed by atoms with Crippen molar-refractivity contribution >= 4 is 44.8 Å². The average molecular weight is 339 g/mol. The lowest BCUT2D eigenvalue weighted by atomic mass is 10.1. The molecule has 20 heavy (non-hydrogen) atoms. The Kier molecular flexibility index (Phi) is 4.15. The van der Waals surface area contributed by atoms with Crippen molar-refractivity contribution in [1.82, 2.24) is 0 Å². The SMILES string of the molecule is NS(=O)(=O)CC1CC(=O)N(c2cc(Cl)c(O)c(Cl)c2)C1. The zero-order valence-electron chi connectivity index (χ0n) is 10.2. The summed E-state index contributed by atoms with van der Waals surface area (Å²) in [5.41, 5.74) is 0.416. The first-order valence-electron chi connectivity index (χ1n) is 5.66. The molecule has 1 atom stereocenters. The smallest absolute Gasteiger partial charge is 0.227 e. The maximum atomic E-state index is 11.9. The molecule has 1 heterocycles. The first kappa shape index (κ1) is 15.4. The molecule has 1 aliphatic rings. The summed E-state index contributed by atoms with van der Waals surface area (Å²) in [6, 6.07) is 2.81. The number of anilines is 1. The summed E-state index contributed by atoms with van der Waals surface area (Å²) in [6.07, 6.45) is 0.0898. The van der Waals surface area contributed by atoms with Crippen LogP contribution in [-0.4, -0.2) is 31.7 Å². The van der Waals surface area contributed by atoms with Crippen LogP contribution in [0.15, 0.2) is 12.1 Å². The van der Waals surface area contributed by atoms with Gasteiger partial charge in [0.15, 0.2) is 5.75 Å². The van der Waals surface area contributed by atoms with Gasteiger partial charge < -0.3 is 10.0 Å². The fourth-order valence-corrected chi connectivity index (χ4v) is 3.54. The van der Waals surface area contributed by atoms with Gasteiger partial charge in [0.05, 0.1) is 15.8 Å². The Bertz CT molecular complexity index is 639. The molecule has 0 aliphatic carbocycles. The van der Waals surface area contributed by atoms with Crippen LogP contribution < -0.4 is 10.0 Å². The minimum atomic E-state index is -3.63. The molecule has 1 fully saturated rings. The van der Waals surface area contributed by atoms with Crippen molar-refractivity contribution in [2.75, 3.05) is 17.2 Å². The van der Waals surface area contributed by atoms with Crippen LogP contribution in [0.25, 0.3) is 0 Å². The average Bonchev–Trinajstić information content (AvgIpc) is 2.63. The van der Waals surface area contributed by atoms with Crippen LogP contribution >= 0.6 is 23.2 Å². The van der Waals surface area contributed by atoms with Crippen molar-refractivity contribution in [3.63, 3.8) is 0 Å². The van der Waals surface area contributed by atoms with Gasteiger partial charge in [-0.15, -0.1) is 0 Å². The molecule has 0 saturated carbocycles. The van der Waals surface area contributed by atoms with E-state index in [0.717, 1.165) is 0 Å². The lowest BCUT2D eigenvalue weighted by Gasteiger charge is -2.18. The van der Waals surface area contributed by atoms with Gasteiger partial charge in [0.1, 0.15) is 0 Å². The molecule has 3 N–H and O–H groups in total. The number of phenols is 1. The van der Waals surface area contributed by atoms with Crippen molar-refractivity contribution in [3.8, 4) is 5.75 Å². The Morgan fingerprint density at radius 3 is 2.40 bits per heavy atom. The molecule has 1 aromatic carbocycles. The van der Waals surface area contributed by atoms with Gasteiger partial charge in [0, 0.05) is 24.6 Å². The van der Waals surface area contributed by atoms with Gasteiger partial charge in [-0.1, -0.05) is 23.2 Å². The van der Waals surface area contributed by atoms with Crippen LogP contribution in [0, 0.1) is 5.92 Å². The summed E-state index contributed by atoms with van der Waals surface area (Å²) in [7, 11) is -3.63. The highest BCUT2D eigenvalue weighted by Gasteiger charge is 2.33. The largest absolute Gasteiger partial charge is 0.505 e. The molecule has 6 nitrogen and oxygen atoms in total. The molecule has 9 heteroatoms. The topological polar surface area (TPSA) is 101 Å². The Labute approximate surface area is 126 Å². The number of nitrogens with two attached hydrogens (primary N) is 1. The van der Waals surface area contributed by atoms with E-state index < -0.39 is 10.0 Å². The Hall–Kier alpha value is -1.02. The number of hydrogen-bond acceptors (Lipinski definition) is 4. The highest BCUT2D eigenvalue weighted by molar-refractivity contribution is 7.89. The molecular weight excluding hydrogens is 327 g/mol. The van der Waals surface area contributed by atoms with E-state index in [0.29, 0.717) is 5.69 Å². The Morgan fingerprint density at radius 2 is 1.90 bits per heavy atom. The number of nitrogens with zero attached hydrogens (tertiary/aromatic N) is 1. The summed E-state index contributed by atoms with van der Waals surface area (Å²) in [6.45, 7) is 0.215. The van der Waals surface area contributed by atoms with Gasteiger partial charge >= 0.3 is 0 Å². The minimum absolute atomic E-state index is 0.0233. The number of rotatable bonds is 3. The van der Waals surface area contributed by atoms with Crippen molar-refractivity contribution in [2.24, 2.45) is 11.1 Å². The van der Waals surface area contributed by atoms with E-state index in [-0.39, 0.29) is 46.3 Å². The first-order valence-corrected chi connectivity index (χ1v) is 8.13. The maximum absolute atomic E-state index is 11.9. The molecule has 1 saturated heterocycles. The van der Waals surface area contributed by atoms with Gasteiger partial charge in [-0.2, -0.15) is 0 Å². The van der Waals surface area contributed by atoms with E-state index in [1.165, 1.54) is 17.0 Å². The van der Waals surface area contributed by atoms with Crippen LogP contribution in [0.5, 0.6) is 5.75 Å². The lowest BCUT2D eigenvalue weighted by Crippen LogP contribution is -2.27. The molecule has 0 bridgehead atoms. The van der Waals surface area contributed by atoms with E-state index >= 15 is 0 Å². The van der Waals surface area contributed by atoms with Gasteiger partial charge in [0.2, 0.25) is 15.9 Å². The number of carbonyl (C=O) groups is 1. The number of amides is 1. The van der Waals surface area contributed by atoms with Crippen molar-refractivity contribution in [3.05, 3.63) is 22.2 Å². The predicted octanol–water partition coefficient (Wildman–Crippen LogP) is 1.34. The number of aromatic hydroxyl groups is 1. The molecule has 1 aliphatic heterocycles. The standard InChI is InChI=1S/C11H12Cl2N2O4S/c12-8-2-7(3-9(13)11(8)17)15-4-6(1-10(15)16)5-20(14,18)19/h2-3,6,17H,1,4-5H2,(H2,14,18,19). The summed E-state index contributed by atoms with van der Waals surface area (Å²) >= 11 is 11.6. The molecule has 110 valence electrons. The predicted molar refractivity (Wildman–Crippen MR) is 76.6 cm³/mol. The molecule has 1 aromatic rings. The van der Waals surface area contributed by atoms with Crippen molar-refractivity contribution < 1.29 is 18.3 Å². The van der Waals surface area contributed by atoms with Crippen LogP contribution in [0.3, 0.4) is 0 Å². The summed E-state index contributed by atoms with van der Waals surface area (Å²) < 4.78 is 22.1. The van der Waals surface area contributed by atoms with Gasteiger partial charge in [0.25, 0.3) is 0 Å². The van der Waals surface area contributed by atoms with Gasteiger partial charge in [-0.25, -0.2) is 13.6 Å². The molecule has 2 rings (SSSR count). The second-order valence-electron chi connectivity index (χ2n) is 4.66. The normalized spacial score (nSPS) is 19.6. The highest BCUT2D eigenvalue weighted by atomic mass is 35.5. The first-order chi connectivity index (χ1) is 9.17. The van der Waals surface area contributed by atoms with Crippen LogP contribution in [0.1, 0.15) is 6.42 Å². The summed E-state index contributed by atoms with van der Waals surface area (Å²) in [5, 5.41) is 14.5. The summed E-state index contributed by atoms with van der Waals surface area (Å²) in [5.74, 6) is -1.13. The van der Waals surface area contributed by atoms with Gasteiger partial charge in [-0.05, 0) is 12.1 Å². The second-order valence-corrected chi connectivity index (χ2v) is 7.14. The highest BCUT2D eigenvalue weighted by Crippen LogP contribution is 2.37. The van der Waals surface area contributed by atoms with E-state index in [9.17, 15) is 18.3 Å². The van der Waals surface area contributed by atoms with E-state index in [2.05, 4.69) is 0 Å². The van der Waals surface area contributed by atoms with E-state index in [1.807, 2.05) is 0 Å². The lowest BCUT2D eigenvalue weighted by molar-refractivity contribution is -0.117. The third-order valence-corrected chi connectivity index (χ3v) is 4.50. The zero-order chi connectivity index (χ0) is 15.1. The third kappa shape index (κ3) is 3.35. The number of phenolic OH excluding ortho intramolecular Hbond substituents is 1. The third-order valence-electron chi connectivity index (χ3n) is 2.99. The quantitative estimate of drug-likeness (QED) is 0.868. The molecular formula is C11H12Cl2N2O4S. The fourth-order valence-electron chi connectivity index (χ4n) is 2.18. The Morgan fingerprint density at radius 1 is 1.35 bits per heavy atom. The molecule has 1 amide bonds. The van der Waals surface area contributed by atoms with Crippen LogP contribution in [0.4, 0.5) is 5.69 Å². The number of carbonyl (C=O) groups excluding carboxylic acids is 1. The Balaban J connectivity index is 2.24. The van der Waals surface area contributed by atoms with Crippen LogP contribution in [-0.2, 0) is 14.8 Å². The second kappa shape index (κ2) is 5.40. The van der Waals surface area contributed by atoms with Crippen molar-refractivity contribution in [1.29, 1.82) is 0 Å². The number of sulfonamides is 1. The van der Waals surface area contributed by atoms with E-state index in [4.69, 9.17) is 28.3 Å². The minimum Gasteiger partial charge on any atom is -0.505 e. The number of benzene rings is 1. The van der Waals surface area contributed by atoms with E-state index in [1.54, 1.807) is 0 Å². The molecule has 0 spiro atoms. The van der Waals surface area contributed by atoms with Gasteiger partial charge in [-0.3, -0.25) is 4.79 Å². The summed E-state index contributed by atoms with van der Waals surface area (Å²) in [4.78, 5) is 13.3. The number of primary sulfonamides is 1. The van der Waals surface area contributed by atoms with Crippen LogP contribution in [0.2, 0.25) is 10.0 Å². The number of halogens is 2. The molecule has 0 aromatic heterocycles. The van der Waals surface area contributed by atoms with Crippen molar-refractivity contribution in [2.45, 2.75) is 6.42 Å². The maximum Gasteiger partial charge on any atom is 0.227 e. The zero-order valence-corrected chi connectivity index (χ0v) is 12.5. The monoisotopic (exact) mass is 338 g/mol. The molecule has 1 unspecified atom stereocenters. The number of hydrogen-bond donors (Lipinski definition) is 2. The fraction of sp³-hybridized carbons (Fsp3) is 0.364. The molecule has 0 radical (unpaired) electrons.